The third-order valence-electron chi connectivity index (χ3n) is 5.27. The Hall–Kier alpha value is -2.82. The van der Waals surface area contributed by atoms with Crippen molar-refractivity contribution in [3.05, 3.63) is 48.2 Å². The summed E-state index contributed by atoms with van der Waals surface area (Å²) in [6.45, 7) is 3.39. The van der Waals surface area contributed by atoms with Crippen molar-refractivity contribution < 1.29 is 18.7 Å². The molecule has 140 valence electrons. The molecule has 0 saturated carbocycles. The minimum Gasteiger partial charge on any atom is -0.466 e. The summed E-state index contributed by atoms with van der Waals surface area (Å²) in [5.74, 6) is 0.486. The number of esters is 1. The smallest absolute Gasteiger partial charge is 0.309 e. The maximum atomic E-state index is 12.7. The van der Waals surface area contributed by atoms with Crippen molar-refractivity contribution in [3.8, 4) is 0 Å². The molecule has 0 atom stereocenters. The van der Waals surface area contributed by atoms with E-state index in [-0.39, 0.29) is 24.2 Å². The van der Waals surface area contributed by atoms with E-state index in [9.17, 15) is 9.59 Å². The molecule has 0 aliphatic carbocycles. The largest absolute Gasteiger partial charge is 0.466 e. The summed E-state index contributed by atoms with van der Waals surface area (Å²) in [6.07, 6.45) is 1.57. The van der Waals surface area contributed by atoms with E-state index < -0.39 is 0 Å². The zero-order valence-electron chi connectivity index (χ0n) is 15.4. The number of likely N-dealkylation sites (tertiary alicyclic amines) is 1. The molecule has 2 aromatic carbocycles. The molecule has 0 radical (unpaired) electrons. The number of amides is 1. The van der Waals surface area contributed by atoms with Gasteiger partial charge in [-0.15, -0.1) is 0 Å². The van der Waals surface area contributed by atoms with E-state index in [1.807, 2.05) is 42.2 Å². The average molecular weight is 365 g/mol. The number of carbonyl (C=O) groups is 2. The van der Waals surface area contributed by atoms with Gasteiger partial charge in [0.05, 0.1) is 18.9 Å². The van der Waals surface area contributed by atoms with Crippen molar-refractivity contribution >= 4 is 33.6 Å². The minimum atomic E-state index is -0.145. The van der Waals surface area contributed by atoms with Crippen LogP contribution in [-0.4, -0.2) is 36.5 Å². The number of piperidine rings is 1. The highest BCUT2D eigenvalue weighted by atomic mass is 16.5. The molecule has 1 aliphatic heterocycles. The summed E-state index contributed by atoms with van der Waals surface area (Å²) in [6, 6.07) is 14.1. The second kappa shape index (κ2) is 7.43. The Morgan fingerprint density at radius 2 is 1.89 bits per heavy atom. The summed E-state index contributed by atoms with van der Waals surface area (Å²) < 4.78 is 11.0. The molecular weight excluding hydrogens is 342 g/mol. The molecule has 1 aliphatic rings. The van der Waals surface area contributed by atoms with Crippen LogP contribution in [0.5, 0.6) is 0 Å². The normalized spacial score (nSPS) is 15.4. The molecule has 1 saturated heterocycles. The van der Waals surface area contributed by atoms with E-state index in [0.29, 0.717) is 38.3 Å². The third-order valence-corrected chi connectivity index (χ3v) is 5.27. The third kappa shape index (κ3) is 3.54. The maximum Gasteiger partial charge on any atom is 0.309 e. The zero-order chi connectivity index (χ0) is 18.8. The van der Waals surface area contributed by atoms with Crippen molar-refractivity contribution in [1.29, 1.82) is 0 Å². The number of hydrogen-bond acceptors (Lipinski definition) is 4. The molecule has 5 nitrogen and oxygen atoms in total. The molecular formula is C22H23NO4. The van der Waals surface area contributed by atoms with Crippen LogP contribution in [0.15, 0.2) is 46.9 Å². The van der Waals surface area contributed by atoms with Crippen LogP contribution in [0.2, 0.25) is 0 Å². The summed E-state index contributed by atoms with van der Waals surface area (Å²) in [5.41, 5.74) is 0.803. The highest BCUT2D eigenvalue weighted by Crippen LogP contribution is 2.28. The van der Waals surface area contributed by atoms with Crippen LogP contribution < -0.4 is 0 Å². The van der Waals surface area contributed by atoms with Gasteiger partial charge in [0, 0.05) is 18.5 Å². The molecule has 5 heteroatoms. The number of rotatable bonds is 4. The second-order valence-corrected chi connectivity index (χ2v) is 7.00. The number of nitrogens with zero attached hydrogens (tertiary/aromatic N) is 1. The zero-order valence-corrected chi connectivity index (χ0v) is 15.4. The fourth-order valence-electron chi connectivity index (χ4n) is 3.82. The number of hydrogen-bond donors (Lipinski definition) is 0. The van der Waals surface area contributed by atoms with Gasteiger partial charge in [0.1, 0.15) is 11.3 Å². The lowest BCUT2D eigenvalue weighted by molar-refractivity contribution is -0.151. The van der Waals surface area contributed by atoms with Gasteiger partial charge < -0.3 is 14.1 Å². The van der Waals surface area contributed by atoms with E-state index in [0.717, 1.165) is 21.7 Å². The van der Waals surface area contributed by atoms with Crippen LogP contribution in [0, 0.1) is 5.92 Å². The Morgan fingerprint density at radius 3 is 2.67 bits per heavy atom. The molecule has 4 rings (SSSR count). The van der Waals surface area contributed by atoms with E-state index in [4.69, 9.17) is 9.15 Å². The standard InChI is InChI=1S/C22H23NO4/c1-2-26-22(25)16-9-11-23(12-10-16)21(24)14-17-13-19-18-6-4-3-5-15(18)7-8-20(19)27-17/h3-8,13,16H,2,9-12,14H2,1H3. The molecule has 1 amide bonds. The fourth-order valence-corrected chi connectivity index (χ4v) is 3.82. The van der Waals surface area contributed by atoms with Crippen molar-refractivity contribution in [2.75, 3.05) is 19.7 Å². The van der Waals surface area contributed by atoms with E-state index in [1.165, 1.54) is 0 Å². The number of benzene rings is 2. The Morgan fingerprint density at radius 1 is 1.11 bits per heavy atom. The minimum absolute atomic E-state index is 0.0423. The van der Waals surface area contributed by atoms with Gasteiger partial charge in [0.25, 0.3) is 0 Å². The van der Waals surface area contributed by atoms with Gasteiger partial charge in [-0.3, -0.25) is 9.59 Å². The molecule has 0 unspecified atom stereocenters. The number of fused-ring (bicyclic) bond motifs is 3. The van der Waals surface area contributed by atoms with Gasteiger partial charge in [-0.25, -0.2) is 0 Å². The summed E-state index contributed by atoms with van der Waals surface area (Å²) in [4.78, 5) is 26.3. The van der Waals surface area contributed by atoms with E-state index >= 15 is 0 Å². The first-order valence-corrected chi connectivity index (χ1v) is 9.50. The van der Waals surface area contributed by atoms with Crippen LogP contribution in [0.3, 0.4) is 0 Å². The lowest BCUT2D eigenvalue weighted by atomic mass is 9.97. The number of ether oxygens (including phenoxy) is 1. The molecule has 1 aromatic heterocycles. The fraction of sp³-hybridized carbons (Fsp3) is 0.364. The van der Waals surface area contributed by atoms with Gasteiger partial charge in [-0.1, -0.05) is 30.3 Å². The highest BCUT2D eigenvalue weighted by Gasteiger charge is 2.28. The SMILES string of the molecule is CCOC(=O)C1CCN(C(=O)Cc2cc3c(ccc4ccccc43)o2)CC1. The van der Waals surface area contributed by atoms with Gasteiger partial charge in [-0.2, -0.15) is 0 Å². The van der Waals surface area contributed by atoms with E-state index in [1.54, 1.807) is 0 Å². The molecule has 3 aromatic rings. The predicted octanol–water partition coefficient (Wildman–Crippen LogP) is 3.93. The Bertz CT molecular complexity index is 982. The predicted molar refractivity (Wildman–Crippen MR) is 103 cm³/mol. The highest BCUT2D eigenvalue weighted by molar-refractivity contribution is 6.06. The molecule has 0 N–H and O–H groups in total. The van der Waals surface area contributed by atoms with Crippen LogP contribution in [-0.2, 0) is 20.7 Å². The summed E-state index contributed by atoms with van der Waals surface area (Å²) in [7, 11) is 0. The van der Waals surface area contributed by atoms with Crippen LogP contribution >= 0.6 is 0 Å². The van der Waals surface area contributed by atoms with Crippen LogP contribution in [0.4, 0.5) is 0 Å². The molecule has 2 heterocycles. The Labute approximate surface area is 157 Å². The van der Waals surface area contributed by atoms with Crippen molar-refractivity contribution in [3.63, 3.8) is 0 Å². The summed E-state index contributed by atoms with van der Waals surface area (Å²) >= 11 is 0. The molecule has 0 spiro atoms. The van der Waals surface area contributed by atoms with Gasteiger partial charge >= 0.3 is 5.97 Å². The van der Waals surface area contributed by atoms with Crippen molar-refractivity contribution in [2.45, 2.75) is 26.2 Å². The maximum absolute atomic E-state index is 12.7. The van der Waals surface area contributed by atoms with Crippen molar-refractivity contribution in [2.24, 2.45) is 5.92 Å². The second-order valence-electron chi connectivity index (χ2n) is 7.00. The topological polar surface area (TPSA) is 59.8 Å². The lowest BCUT2D eigenvalue weighted by Gasteiger charge is -2.30. The van der Waals surface area contributed by atoms with E-state index in [2.05, 4.69) is 12.1 Å². The van der Waals surface area contributed by atoms with Crippen LogP contribution in [0.25, 0.3) is 21.7 Å². The van der Waals surface area contributed by atoms with Gasteiger partial charge in [-0.05, 0) is 42.7 Å². The van der Waals surface area contributed by atoms with Crippen molar-refractivity contribution in [1.82, 2.24) is 4.90 Å². The quantitative estimate of drug-likeness (QED) is 0.657. The number of carbonyl (C=O) groups excluding carboxylic acids is 2. The molecule has 0 bridgehead atoms. The molecule has 1 fully saturated rings. The monoisotopic (exact) mass is 365 g/mol. The van der Waals surface area contributed by atoms with Gasteiger partial charge in [0.2, 0.25) is 5.91 Å². The van der Waals surface area contributed by atoms with Gasteiger partial charge in [0.15, 0.2) is 0 Å². The number of furan rings is 1. The first kappa shape index (κ1) is 17.6. The lowest BCUT2D eigenvalue weighted by Crippen LogP contribution is -2.41. The Kier molecular flexibility index (Phi) is 4.84. The first-order chi connectivity index (χ1) is 13.2. The molecule has 27 heavy (non-hydrogen) atoms. The average Bonchev–Trinajstić information content (AvgIpc) is 3.11. The van der Waals surface area contributed by atoms with Crippen LogP contribution in [0.1, 0.15) is 25.5 Å². The Balaban J connectivity index is 1.44. The summed E-state index contributed by atoms with van der Waals surface area (Å²) in [5, 5.41) is 3.33. The first-order valence-electron chi connectivity index (χ1n) is 9.50.